The molecule has 0 radical (unpaired) electrons. The van der Waals surface area contributed by atoms with Crippen molar-refractivity contribution in [1.82, 2.24) is 4.90 Å². The van der Waals surface area contributed by atoms with E-state index in [0.717, 1.165) is 4.90 Å². The number of hydrogen-bond donors (Lipinski definition) is 0. The first-order chi connectivity index (χ1) is 8.78. The largest absolute Gasteiger partial charge is 0.406 e. The van der Waals surface area contributed by atoms with Gasteiger partial charge in [-0.25, -0.2) is 0 Å². The molecule has 0 saturated heterocycles. The topological polar surface area (TPSA) is 20.3 Å². The monoisotopic (exact) mass is 355 g/mol. The third-order valence-electron chi connectivity index (χ3n) is 2.76. The van der Waals surface area contributed by atoms with Crippen LogP contribution in [0.5, 0.6) is 0 Å². The van der Waals surface area contributed by atoms with E-state index in [-0.39, 0.29) is 11.6 Å². The Bertz CT molecular complexity index is 502. The Morgan fingerprint density at radius 2 is 2.05 bits per heavy atom. The van der Waals surface area contributed by atoms with Crippen LogP contribution in [0.25, 0.3) is 0 Å². The molecule has 2 rings (SSSR count). The van der Waals surface area contributed by atoms with Crippen molar-refractivity contribution in [2.75, 3.05) is 6.54 Å². The molecule has 1 aromatic rings. The molecule has 1 fully saturated rings. The van der Waals surface area contributed by atoms with Crippen molar-refractivity contribution in [3.8, 4) is 0 Å². The van der Waals surface area contributed by atoms with Crippen LogP contribution in [0.15, 0.2) is 22.7 Å². The maximum absolute atomic E-state index is 12.5. The number of nitrogens with zero attached hydrogens (tertiary/aromatic N) is 1. The molecule has 0 atom stereocenters. The summed E-state index contributed by atoms with van der Waals surface area (Å²) in [4.78, 5) is 13.0. The predicted molar refractivity (Wildman–Crippen MR) is 69.3 cm³/mol. The van der Waals surface area contributed by atoms with Crippen molar-refractivity contribution in [1.29, 1.82) is 0 Å². The van der Waals surface area contributed by atoms with Crippen LogP contribution in [-0.2, 0) is 0 Å². The molecule has 0 aliphatic heterocycles. The average molecular weight is 357 g/mol. The van der Waals surface area contributed by atoms with Crippen LogP contribution < -0.4 is 0 Å². The lowest BCUT2D eigenvalue weighted by Crippen LogP contribution is -2.40. The predicted octanol–water partition coefficient (Wildman–Crippen LogP) is 4.27. The van der Waals surface area contributed by atoms with E-state index in [1.54, 1.807) is 6.07 Å². The fourth-order valence-electron chi connectivity index (χ4n) is 1.74. The molecule has 0 heterocycles. The number of carbonyl (C=O) groups is 1. The number of benzene rings is 1. The Morgan fingerprint density at radius 3 is 2.53 bits per heavy atom. The minimum absolute atomic E-state index is 0.171. The zero-order valence-electron chi connectivity index (χ0n) is 9.68. The standard InChI is InChI=1S/C12H10BrClF3NO/c13-9-4-1-7(5-10(9)14)11(19)18(8-2-3-8)6-12(15,16)17/h1,4-5,8H,2-3,6H2. The van der Waals surface area contributed by atoms with Crippen molar-refractivity contribution >= 4 is 33.4 Å². The smallest absolute Gasteiger partial charge is 0.327 e. The normalized spacial score (nSPS) is 15.4. The molecule has 0 aromatic heterocycles. The van der Waals surface area contributed by atoms with Crippen LogP contribution in [0.4, 0.5) is 13.2 Å². The number of alkyl halides is 3. The van der Waals surface area contributed by atoms with Crippen LogP contribution in [0.1, 0.15) is 23.2 Å². The number of hydrogen-bond acceptors (Lipinski definition) is 1. The van der Waals surface area contributed by atoms with E-state index in [1.165, 1.54) is 12.1 Å². The Labute approximate surface area is 121 Å². The lowest BCUT2D eigenvalue weighted by atomic mass is 10.2. The molecule has 1 aliphatic rings. The molecule has 104 valence electrons. The van der Waals surface area contributed by atoms with Gasteiger partial charge in [-0.05, 0) is 47.0 Å². The first kappa shape index (κ1) is 14.7. The second-order valence-electron chi connectivity index (χ2n) is 4.41. The molecular weight excluding hydrogens is 346 g/mol. The molecule has 0 spiro atoms. The maximum Gasteiger partial charge on any atom is 0.406 e. The first-order valence-corrected chi connectivity index (χ1v) is 6.78. The summed E-state index contributed by atoms with van der Waals surface area (Å²) < 4.78 is 38.1. The van der Waals surface area contributed by atoms with Gasteiger partial charge in [-0.15, -0.1) is 0 Å². The van der Waals surface area contributed by atoms with Crippen LogP contribution >= 0.6 is 27.5 Å². The highest BCUT2D eigenvalue weighted by atomic mass is 79.9. The Balaban J connectivity index is 2.21. The van der Waals surface area contributed by atoms with Gasteiger partial charge in [-0.2, -0.15) is 13.2 Å². The average Bonchev–Trinajstić information content (AvgIpc) is 3.11. The Morgan fingerprint density at radius 1 is 1.42 bits per heavy atom. The van der Waals surface area contributed by atoms with Crippen LogP contribution in [0.2, 0.25) is 5.02 Å². The van der Waals surface area contributed by atoms with E-state index in [2.05, 4.69) is 15.9 Å². The van der Waals surface area contributed by atoms with Crippen molar-refractivity contribution in [2.45, 2.75) is 25.1 Å². The highest BCUT2D eigenvalue weighted by molar-refractivity contribution is 9.10. The summed E-state index contributed by atoms with van der Waals surface area (Å²) >= 11 is 9.02. The molecular formula is C12H10BrClF3NO. The van der Waals surface area contributed by atoms with Crippen LogP contribution in [0, 0.1) is 0 Å². The molecule has 1 saturated carbocycles. The zero-order chi connectivity index (χ0) is 14.2. The number of halogens is 5. The quantitative estimate of drug-likeness (QED) is 0.792. The highest BCUT2D eigenvalue weighted by Gasteiger charge is 2.40. The van der Waals surface area contributed by atoms with Gasteiger partial charge in [0, 0.05) is 16.1 Å². The van der Waals surface area contributed by atoms with E-state index < -0.39 is 18.6 Å². The molecule has 0 bridgehead atoms. The number of carbonyl (C=O) groups excluding carboxylic acids is 1. The molecule has 2 nitrogen and oxygen atoms in total. The molecule has 19 heavy (non-hydrogen) atoms. The van der Waals surface area contributed by atoms with Gasteiger partial charge in [0.05, 0.1) is 5.02 Å². The fraction of sp³-hybridized carbons (Fsp3) is 0.417. The summed E-state index contributed by atoms with van der Waals surface area (Å²) in [6.45, 7) is -1.22. The Kier molecular flexibility index (Phi) is 4.11. The number of amides is 1. The van der Waals surface area contributed by atoms with E-state index in [4.69, 9.17) is 11.6 Å². The lowest BCUT2D eigenvalue weighted by molar-refractivity contribution is -0.141. The SMILES string of the molecule is O=C(c1ccc(Br)c(Cl)c1)N(CC(F)(F)F)C1CC1. The second-order valence-corrected chi connectivity index (χ2v) is 5.67. The van der Waals surface area contributed by atoms with Crippen molar-refractivity contribution in [3.63, 3.8) is 0 Å². The second kappa shape index (κ2) is 5.32. The lowest BCUT2D eigenvalue weighted by Gasteiger charge is -2.24. The molecule has 1 aromatic carbocycles. The molecule has 0 unspecified atom stereocenters. The van der Waals surface area contributed by atoms with Gasteiger partial charge < -0.3 is 4.90 Å². The van der Waals surface area contributed by atoms with Crippen molar-refractivity contribution < 1.29 is 18.0 Å². The molecule has 1 aliphatic carbocycles. The fourth-order valence-corrected chi connectivity index (χ4v) is 2.17. The van der Waals surface area contributed by atoms with Crippen molar-refractivity contribution in [2.24, 2.45) is 0 Å². The maximum atomic E-state index is 12.5. The van der Waals surface area contributed by atoms with E-state index in [0.29, 0.717) is 22.3 Å². The van der Waals surface area contributed by atoms with E-state index >= 15 is 0 Å². The van der Waals surface area contributed by atoms with Gasteiger partial charge in [0.25, 0.3) is 5.91 Å². The minimum Gasteiger partial charge on any atom is -0.327 e. The summed E-state index contributed by atoms with van der Waals surface area (Å²) in [5, 5.41) is 0.300. The minimum atomic E-state index is -4.39. The summed E-state index contributed by atoms with van der Waals surface area (Å²) in [7, 11) is 0. The van der Waals surface area contributed by atoms with E-state index in [9.17, 15) is 18.0 Å². The molecule has 0 N–H and O–H groups in total. The summed E-state index contributed by atoms with van der Waals surface area (Å²) in [6, 6.07) is 4.08. The van der Waals surface area contributed by atoms with Crippen LogP contribution in [0.3, 0.4) is 0 Å². The summed E-state index contributed by atoms with van der Waals surface area (Å²) in [6.07, 6.45) is -3.16. The van der Waals surface area contributed by atoms with Gasteiger partial charge in [0.1, 0.15) is 6.54 Å². The summed E-state index contributed by atoms with van der Waals surface area (Å²) in [5.74, 6) is -0.630. The number of rotatable bonds is 3. The highest BCUT2D eigenvalue weighted by Crippen LogP contribution is 2.32. The zero-order valence-corrected chi connectivity index (χ0v) is 12.0. The van der Waals surface area contributed by atoms with Gasteiger partial charge in [0.2, 0.25) is 0 Å². The van der Waals surface area contributed by atoms with Gasteiger partial charge in [-0.1, -0.05) is 11.6 Å². The van der Waals surface area contributed by atoms with Gasteiger partial charge in [-0.3, -0.25) is 4.79 Å². The van der Waals surface area contributed by atoms with Crippen LogP contribution in [-0.4, -0.2) is 29.6 Å². The van der Waals surface area contributed by atoms with E-state index in [1.807, 2.05) is 0 Å². The molecule has 1 amide bonds. The molecule has 7 heteroatoms. The first-order valence-electron chi connectivity index (χ1n) is 5.61. The third kappa shape index (κ3) is 3.86. The van der Waals surface area contributed by atoms with Gasteiger partial charge in [0.15, 0.2) is 0 Å². The summed E-state index contributed by atoms with van der Waals surface area (Å²) in [5.41, 5.74) is 0.171. The van der Waals surface area contributed by atoms with Crippen molar-refractivity contribution in [3.05, 3.63) is 33.3 Å². The Hall–Kier alpha value is -0.750. The third-order valence-corrected chi connectivity index (χ3v) is 4.00. The van der Waals surface area contributed by atoms with Gasteiger partial charge >= 0.3 is 6.18 Å².